The molecule has 0 aliphatic carbocycles. The first kappa shape index (κ1) is 13.1. The van der Waals surface area contributed by atoms with Crippen molar-refractivity contribution in [2.75, 3.05) is 0 Å². The molecule has 0 fully saturated rings. The maximum Gasteiger partial charge on any atom is 0.0741 e. The third-order valence-electron chi connectivity index (χ3n) is 2.80. The summed E-state index contributed by atoms with van der Waals surface area (Å²) in [7, 11) is 0. The van der Waals surface area contributed by atoms with Crippen molar-refractivity contribution in [1.82, 2.24) is 0 Å². The Morgan fingerprint density at radius 1 is 1.29 bits per heavy atom. The second-order valence-electron chi connectivity index (χ2n) is 4.02. The fourth-order valence-corrected chi connectivity index (χ4v) is 3.81. The van der Waals surface area contributed by atoms with Gasteiger partial charge in [0.25, 0.3) is 0 Å². The molecule has 0 aliphatic heterocycles. The minimum atomic E-state index is 0.242. The Morgan fingerprint density at radius 2 is 2.06 bits per heavy atom. The van der Waals surface area contributed by atoms with Gasteiger partial charge in [0.15, 0.2) is 0 Å². The molecule has 0 saturated carbocycles. The van der Waals surface area contributed by atoms with E-state index in [1.807, 2.05) is 23.5 Å². The molecule has 3 heteroatoms. The van der Waals surface area contributed by atoms with Gasteiger partial charge in [0.2, 0.25) is 0 Å². The molecule has 0 spiro atoms. The van der Waals surface area contributed by atoms with Crippen LogP contribution in [0.2, 0.25) is 5.02 Å². The summed E-state index contributed by atoms with van der Waals surface area (Å²) in [5, 5.41) is 0.794. The number of hydrogen-bond donors (Lipinski definition) is 0. The summed E-state index contributed by atoms with van der Waals surface area (Å²) in [5.74, 6) is 0. The molecule has 0 saturated heterocycles. The van der Waals surface area contributed by atoms with Crippen LogP contribution in [-0.4, -0.2) is 0 Å². The predicted molar refractivity (Wildman–Crippen MR) is 80.7 cm³/mol. The highest BCUT2D eigenvalue weighted by Crippen LogP contribution is 2.37. The van der Waals surface area contributed by atoms with Crippen LogP contribution in [0, 0.1) is 6.92 Å². The van der Waals surface area contributed by atoms with Gasteiger partial charge < -0.3 is 0 Å². The van der Waals surface area contributed by atoms with E-state index in [0.717, 1.165) is 11.4 Å². The van der Waals surface area contributed by atoms with Gasteiger partial charge in [-0.15, -0.1) is 11.3 Å². The van der Waals surface area contributed by atoms with Crippen molar-refractivity contribution in [1.29, 1.82) is 0 Å². The van der Waals surface area contributed by atoms with Crippen LogP contribution >= 0.6 is 38.9 Å². The zero-order valence-corrected chi connectivity index (χ0v) is 13.0. The van der Waals surface area contributed by atoms with Crippen LogP contribution in [-0.2, 0) is 6.42 Å². The molecule has 1 aromatic carbocycles. The van der Waals surface area contributed by atoms with Crippen LogP contribution < -0.4 is 0 Å². The molecule has 1 atom stereocenters. The fraction of sp³-hybridized carbons (Fsp3) is 0.286. The highest BCUT2D eigenvalue weighted by atomic mass is 79.9. The number of rotatable bonds is 3. The second-order valence-corrected chi connectivity index (χ2v) is 6.57. The molecule has 90 valence electrons. The Labute approximate surface area is 120 Å². The van der Waals surface area contributed by atoms with E-state index in [9.17, 15) is 0 Å². The normalized spacial score (nSPS) is 12.7. The molecule has 0 amide bonds. The summed E-state index contributed by atoms with van der Waals surface area (Å²) < 4.78 is 0. The lowest BCUT2D eigenvalue weighted by Gasteiger charge is -2.12. The molecular weight excluding hydrogens is 316 g/mol. The van der Waals surface area contributed by atoms with E-state index in [2.05, 4.69) is 48.0 Å². The molecule has 1 unspecified atom stereocenters. The minimum absolute atomic E-state index is 0.242. The Bertz CT molecular complexity index is 519. The molecule has 0 aliphatic rings. The zero-order chi connectivity index (χ0) is 12.4. The van der Waals surface area contributed by atoms with Crippen molar-refractivity contribution in [2.24, 2.45) is 0 Å². The van der Waals surface area contributed by atoms with Crippen LogP contribution in [0.25, 0.3) is 0 Å². The largest absolute Gasteiger partial charge is 0.144 e. The Balaban J connectivity index is 2.35. The third kappa shape index (κ3) is 2.93. The van der Waals surface area contributed by atoms with Crippen molar-refractivity contribution in [3.63, 3.8) is 0 Å². The van der Waals surface area contributed by atoms with Crippen molar-refractivity contribution in [3.05, 3.63) is 56.2 Å². The van der Waals surface area contributed by atoms with E-state index in [1.165, 1.54) is 20.9 Å². The number of thiophene rings is 1. The average molecular weight is 330 g/mol. The maximum absolute atomic E-state index is 6.06. The van der Waals surface area contributed by atoms with Crippen LogP contribution in [0.1, 0.15) is 32.6 Å². The molecule has 1 heterocycles. The monoisotopic (exact) mass is 328 g/mol. The first-order valence-electron chi connectivity index (χ1n) is 5.60. The molecule has 0 nitrogen and oxygen atoms in total. The number of aryl methyl sites for hydroxylation is 2. The van der Waals surface area contributed by atoms with Crippen molar-refractivity contribution in [3.8, 4) is 0 Å². The Kier molecular flexibility index (Phi) is 4.29. The minimum Gasteiger partial charge on any atom is -0.144 e. The molecule has 0 N–H and O–H groups in total. The molecule has 0 bridgehead atoms. The maximum atomic E-state index is 6.06. The van der Waals surface area contributed by atoms with E-state index >= 15 is 0 Å². The summed E-state index contributed by atoms with van der Waals surface area (Å²) >= 11 is 11.7. The SMILES string of the molecule is CCc1ccc(C(Br)c2cc(Cl)ccc2C)s1. The highest BCUT2D eigenvalue weighted by molar-refractivity contribution is 9.09. The Hall–Kier alpha value is -0.310. The zero-order valence-electron chi connectivity index (χ0n) is 9.84. The van der Waals surface area contributed by atoms with Gasteiger partial charge in [-0.3, -0.25) is 0 Å². The summed E-state index contributed by atoms with van der Waals surface area (Å²) in [5.41, 5.74) is 2.52. The topological polar surface area (TPSA) is 0 Å². The molecule has 0 radical (unpaired) electrons. The van der Waals surface area contributed by atoms with E-state index in [0.29, 0.717) is 0 Å². The van der Waals surface area contributed by atoms with Crippen LogP contribution in [0.5, 0.6) is 0 Å². The first-order valence-corrected chi connectivity index (χ1v) is 7.71. The smallest absolute Gasteiger partial charge is 0.0741 e. The van der Waals surface area contributed by atoms with Crippen molar-refractivity contribution < 1.29 is 0 Å². The molecule has 1 aromatic heterocycles. The molecule has 17 heavy (non-hydrogen) atoms. The summed E-state index contributed by atoms with van der Waals surface area (Å²) in [4.78, 5) is 3.00. The number of halogens is 2. The van der Waals surface area contributed by atoms with Gasteiger partial charge >= 0.3 is 0 Å². The van der Waals surface area contributed by atoms with Gasteiger partial charge in [-0.05, 0) is 48.7 Å². The lowest BCUT2D eigenvalue weighted by atomic mass is 10.1. The van der Waals surface area contributed by atoms with Crippen LogP contribution in [0.3, 0.4) is 0 Å². The van der Waals surface area contributed by atoms with E-state index in [1.54, 1.807) is 0 Å². The van der Waals surface area contributed by atoms with E-state index in [-0.39, 0.29) is 4.83 Å². The number of alkyl halides is 1. The van der Waals surface area contributed by atoms with Crippen molar-refractivity contribution >= 4 is 38.9 Å². The van der Waals surface area contributed by atoms with E-state index in [4.69, 9.17) is 11.6 Å². The number of hydrogen-bond acceptors (Lipinski definition) is 1. The fourth-order valence-electron chi connectivity index (χ4n) is 1.76. The lowest BCUT2D eigenvalue weighted by Crippen LogP contribution is -1.93. The van der Waals surface area contributed by atoms with Gasteiger partial charge in [-0.2, -0.15) is 0 Å². The van der Waals surface area contributed by atoms with Gasteiger partial charge in [-0.1, -0.05) is 40.5 Å². The number of benzene rings is 1. The van der Waals surface area contributed by atoms with Crippen molar-refractivity contribution in [2.45, 2.75) is 25.1 Å². The molecule has 2 aromatic rings. The summed E-state index contributed by atoms with van der Waals surface area (Å²) in [6, 6.07) is 10.4. The van der Waals surface area contributed by atoms with Crippen LogP contribution in [0.15, 0.2) is 30.3 Å². The van der Waals surface area contributed by atoms with Gasteiger partial charge in [0, 0.05) is 14.8 Å². The lowest BCUT2D eigenvalue weighted by molar-refractivity contribution is 1.18. The first-order chi connectivity index (χ1) is 8.11. The van der Waals surface area contributed by atoms with Gasteiger partial charge in [0.1, 0.15) is 0 Å². The summed E-state index contributed by atoms with van der Waals surface area (Å²) in [6.07, 6.45) is 1.10. The van der Waals surface area contributed by atoms with E-state index < -0.39 is 0 Å². The standard InChI is InChI=1S/C14H14BrClS/c1-3-11-6-7-13(17-11)14(15)12-8-10(16)5-4-9(12)2/h4-8,14H,3H2,1-2H3. The molecule has 2 rings (SSSR count). The predicted octanol–water partition coefficient (Wildman–Crippen LogP) is 5.76. The van der Waals surface area contributed by atoms with Crippen LogP contribution in [0.4, 0.5) is 0 Å². The molecular formula is C14H14BrClS. The van der Waals surface area contributed by atoms with Gasteiger partial charge in [0.05, 0.1) is 4.83 Å². The Morgan fingerprint density at radius 3 is 2.71 bits per heavy atom. The highest BCUT2D eigenvalue weighted by Gasteiger charge is 2.15. The quantitative estimate of drug-likeness (QED) is 0.628. The summed E-state index contributed by atoms with van der Waals surface area (Å²) in [6.45, 7) is 4.30. The average Bonchev–Trinajstić information content (AvgIpc) is 2.80. The second kappa shape index (κ2) is 5.55. The third-order valence-corrected chi connectivity index (χ3v) is 5.61. The van der Waals surface area contributed by atoms with Gasteiger partial charge in [-0.25, -0.2) is 0 Å².